The SMILES string of the molecule is CCC(C)CC(c1ccccc1)C(C(=CCCC=Cc1ccccc1)c1ccccc1)c1ccccc1. The Kier molecular flexibility index (Phi) is 10.1. The summed E-state index contributed by atoms with van der Waals surface area (Å²) in [5.41, 5.74) is 6.86. The highest BCUT2D eigenvalue weighted by molar-refractivity contribution is 5.73. The molecule has 37 heavy (non-hydrogen) atoms. The number of rotatable bonds is 12. The Bertz CT molecular complexity index is 1220. The molecule has 0 nitrogen and oxygen atoms in total. The molecule has 0 saturated heterocycles. The molecule has 0 aliphatic rings. The molecule has 3 atom stereocenters. The van der Waals surface area contributed by atoms with Gasteiger partial charge in [-0.1, -0.05) is 160 Å². The first-order valence-electron chi connectivity index (χ1n) is 13.8. The minimum Gasteiger partial charge on any atom is -0.0836 e. The Labute approximate surface area is 224 Å². The molecule has 0 aliphatic heterocycles. The standard InChI is InChI=1S/C37H40/c1-3-30(2)29-36(33-24-14-7-15-25-33)37(34-26-16-8-17-27-34)35(32-22-12-6-13-23-32)28-18-5-11-21-31-19-9-4-10-20-31/h4,6-17,19-28,30,36-37H,3,5,18,29H2,1-2H3. The summed E-state index contributed by atoms with van der Waals surface area (Å²) in [7, 11) is 0. The minimum atomic E-state index is 0.290. The minimum absolute atomic E-state index is 0.290. The lowest BCUT2D eigenvalue weighted by Crippen LogP contribution is -2.16. The van der Waals surface area contributed by atoms with Crippen LogP contribution in [0.5, 0.6) is 0 Å². The second kappa shape index (κ2) is 14.2. The van der Waals surface area contributed by atoms with Gasteiger partial charge < -0.3 is 0 Å². The molecule has 0 saturated carbocycles. The normalized spacial score (nSPS) is 14.4. The molecule has 0 N–H and O–H groups in total. The third-order valence-corrected chi connectivity index (χ3v) is 7.39. The molecule has 0 aromatic heterocycles. The Morgan fingerprint density at radius 2 is 1.19 bits per heavy atom. The first-order chi connectivity index (χ1) is 18.3. The molecule has 0 amide bonds. The molecule has 0 bridgehead atoms. The van der Waals surface area contributed by atoms with E-state index in [0.717, 1.165) is 19.3 Å². The average Bonchev–Trinajstić information content (AvgIpc) is 2.97. The number of benzene rings is 4. The molecule has 4 aromatic rings. The lowest BCUT2D eigenvalue weighted by atomic mass is 9.71. The van der Waals surface area contributed by atoms with Gasteiger partial charge >= 0.3 is 0 Å². The Morgan fingerprint density at radius 3 is 1.78 bits per heavy atom. The van der Waals surface area contributed by atoms with Crippen molar-refractivity contribution < 1.29 is 0 Å². The number of allylic oxidation sites excluding steroid dienone is 3. The van der Waals surface area contributed by atoms with Crippen LogP contribution >= 0.6 is 0 Å². The molecule has 0 radical (unpaired) electrons. The molecule has 4 aromatic carbocycles. The Balaban J connectivity index is 1.74. The van der Waals surface area contributed by atoms with E-state index in [-0.39, 0.29) is 5.92 Å². The summed E-state index contributed by atoms with van der Waals surface area (Å²) in [5, 5.41) is 0. The fraction of sp³-hybridized carbons (Fsp3) is 0.243. The van der Waals surface area contributed by atoms with Crippen LogP contribution in [-0.4, -0.2) is 0 Å². The Morgan fingerprint density at radius 1 is 0.649 bits per heavy atom. The average molecular weight is 485 g/mol. The third-order valence-electron chi connectivity index (χ3n) is 7.39. The maximum Gasteiger partial charge on any atom is 0.0161 e. The first kappa shape index (κ1) is 26.4. The van der Waals surface area contributed by atoms with E-state index in [2.05, 4.69) is 153 Å². The maximum atomic E-state index is 2.51. The van der Waals surface area contributed by atoms with E-state index in [4.69, 9.17) is 0 Å². The van der Waals surface area contributed by atoms with Gasteiger partial charge in [0.1, 0.15) is 0 Å². The van der Waals surface area contributed by atoms with E-state index < -0.39 is 0 Å². The molecule has 0 heterocycles. The molecule has 0 heteroatoms. The summed E-state index contributed by atoms with van der Waals surface area (Å²) in [6.07, 6.45) is 11.4. The van der Waals surface area contributed by atoms with Crippen LogP contribution in [0.25, 0.3) is 11.6 Å². The van der Waals surface area contributed by atoms with Gasteiger partial charge in [-0.05, 0) is 58.9 Å². The smallest absolute Gasteiger partial charge is 0.0161 e. The number of unbranched alkanes of at least 4 members (excludes halogenated alkanes) is 1. The van der Waals surface area contributed by atoms with Crippen molar-refractivity contribution in [3.05, 3.63) is 156 Å². The zero-order chi connectivity index (χ0) is 25.7. The highest BCUT2D eigenvalue weighted by Gasteiger charge is 2.29. The largest absolute Gasteiger partial charge is 0.0836 e. The fourth-order valence-electron chi connectivity index (χ4n) is 5.23. The van der Waals surface area contributed by atoms with Gasteiger partial charge in [-0.25, -0.2) is 0 Å². The second-order valence-electron chi connectivity index (χ2n) is 10.1. The van der Waals surface area contributed by atoms with Crippen LogP contribution in [0.4, 0.5) is 0 Å². The van der Waals surface area contributed by atoms with Gasteiger partial charge in [-0.3, -0.25) is 0 Å². The van der Waals surface area contributed by atoms with E-state index in [1.807, 2.05) is 0 Å². The molecule has 0 spiro atoms. The van der Waals surface area contributed by atoms with Gasteiger partial charge in [-0.15, -0.1) is 0 Å². The zero-order valence-electron chi connectivity index (χ0n) is 22.3. The molecular weight excluding hydrogens is 444 g/mol. The predicted octanol–water partition coefficient (Wildman–Crippen LogP) is 10.6. The van der Waals surface area contributed by atoms with Crippen molar-refractivity contribution in [1.82, 2.24) is 0 Å². The summed E-state index contributed by atoms with van der Waals surface area (Å²) in [6.45, 7) is 4.72. The van der Waals surface area contributed by atoms with Gasteiger partial charge in [0.05, 0.1) is 0 Å². The van der Waals surface area contributed by atoms with Crippen LogP contribution in [0, 0.1) is 5.92 Å². The van der Waals surface area contributed by atoms with Crippen molar-refractivity contribution in [3.8, 4) is 0 Å². The summed E-state index contributed by atoms with van der Waals surface area (Å²) >= 11 is 0. The highest BCUT2D eigenvalue weighted by atomic mass is 14.3. The van der Waals surface area contributed by atoms with E-state index in [1.54, 1.807) is 0 Å². The van der Waals surface area contributed by atoms with Gasteiger partial charge in [0, 0.05) is 5.92 Å². The summed E-state index contributed by atoms with van der Waals surface area (Å²) in [5.74, 6) is 1.35. The van der Waals surface area contributed by atoms with E-state index in [0.29, 0.717) is 11.8 Å². The van der Waals surface area contributed by atoms with Crippen LogP contribution < -0.4 is 0 Å². The summed E-state index contributed by atoms with van der Waals surface area (Å²) in [4.78, 5) is 0. The highest BCUT2D eigenvalue weighted by Crippen LogP contribution is 2.46. The van der Waals surface area contributed by atoms with E-state index in [9.17, 15) is 0 Å². The lowest BCUT2D eigenvalue weighted by molar-refractivity contribution is 0.436. The first-order valence-corrected chi connectivity index (χ1v) is 13.8. The maximum absolute atomic E-state index is 2.51. The predicted molar refractivity (Wildman–Crippen MR) is 162 cm³/mol. The molecule has 0 fully saturated rings. The van der Waals surface area contributed by atoms with Crippen molar-refractivity contribution in [2.45, 2.75) is 51.4 Å². The van der Waals surface area contributed by atoms with Crippen molar-refractivity contribution >= 4 is 11.6 Å². The molecule has 4 rings (SSSR count). The van der Waals surface area contributed by atoms with Gasteiger partial charge in [0.15, 0.2) is 0 Å². The van der Waals surface area contributed by atoms with Crippen molar-refractivity contribution in [1.29, 1.82) is 0 Å². The number of hydrogen-bond donors (Lipinski definition) is 0. The van der Waals surface area contributed by atoms with E-state index >= 15 is 0 Å². The fourth-order valence-corrected chi connectivity index (χ4v) is 5.23. The summed E-state index contributed by atoms with van der Waals surface area (Å²) in [6, 6.07) is 44.0. The Hall–Kier alpha value is -3.64. The van der Waals surface area contributed by atoms with E-state index in [1.165, 1.54) is 34.2 Å². The van der Waals surface area contributed by atoms with Gasteiger partial charge in [0.2, 0.25) is 0 Å². The van der Waals surface area contributed by atoms with Gasteiger partial charge in [0.25, 0.3) is 0 Å². The second-order valence-corrected chi connectivity index (χ2v) is 10.1. The van der Waals surface area contributed by atoms with Crippen LogP contribution in [0.1, 0.15) is 73.6 Å². The monoisotopic (exact) mass is 484 g/mol. The van der Waals surface area contributed by atoms with Crippen LogP contribution in [0.3, 0.4) is 0 Å². The van der Waals surface area contributed by atoms with Crippen molar-refractivity contribution in [2.24, 2.45) is 5.92 Å². The topological polar surface area (TPSA) is 0 Å². The number of hydrogen-bond acceptors (Lipinski definition) is 0. The van der Waals surface area contributed by atoms with Gasteiger partial charge in [-0.2, -0.15) is 0 Å². The molecule has 3 unspecified atom stereocenters. The molecule has 188 valence electrons. The van der Waals surface area contributed by atoms with Crippen LogP contribution in [0.15, 0.2) is 133 Å². The van der Waals surface area contributed by atoms with Crippen LogP contribution in [0.2, 0.25) is 0 Å². The third kappa shape index (κ3) is 7.67. The lowest BCUT2D eigenvalue weighted by Gasteiger charge is -2.33. The quantitative estimate of drug-likeness (QED) is 0.175. The van der Waals surface area contributed by atoms with Crippen LogP contribution in [-0.2, 0) is 0 Å². The zero-order valence-corrected chi connectivity index (χ0v) is 22.3. The molecular formula is C37H40. The van der Waals surface area contributed by atoms with Crippen molar-refractivity contribution in [3.63, 3.8) is 0 Å². The summed E-state index contributed by atoms with van der Waals surface area (Å²) < 4.78 is 0. The molecule has 0 aliphatic carbocycles. The van der Waals surface area contributed by atoms with Crippen molar-refractivity contribution in [2.75, 3.05) is 0 Å².